The van der Waals surface area contributed by atoms with Crippen LogP contribution in [0.25, 0.3) is 0 Å². The Hall–Kier alpha value is -2.60. The van der Waals surface area contributed by atoms with Gasteiger partial charge in [0, 0.05) is 7.11 Å². The number of carbonyl (C=O) groups excluding carboxylic acids is 2. The molecule has 0 radical (unpaired) electrons. The Kier molecular flexibility index (Phi) is 6.77. The third-order valence-electron chi connectivity index (χ3n) is 3.42. The van der Waals surface area contributed by atoms with Gasteiger partial charge in [0.05, 0.1) is 18.6 Å². The van der Waals surface area contributed by atoms with Gasteiger partial charge in [0.1, 0.15) is 12.4 Å². The first-order valence-electron chi connectivity index (χ1n) is 8.12. The number of esters is 1. The van der Waals surface area contributed by atoms with Crippen molar-refractivity contribution in [2.45, 2.75) is 39.0 Å². The molecule has 2 rings (SSSR count). The fourth-order valence-corrected chi connectivity index (χ4v) is 2.36. The summed E-state index contributed by atoms with van der Waals surface area (Å²) in [7, 11) is 1.55. The fourth-order valence-electron chi connectivity index (χ4n) is 2.36. The highest BCUT2D eigenvalue weighted by molar-refractivity contribution is 5.92. The molecular formula is C19H23NO5. The Morgan fingerprint density at radius 2 is 1.84 bits per heavy atom. The molecule has 1 heterocycles. The minimum absolute atomic E-state index is 0.0412. The molecule has 0 aliphatic carbocycles. The maximum Gasteiger partial charge on any atom is 0.308 e. The first-order chi connectivity index (χ1) is 12.0. The van der Waals surface area contributed by atoms with Crippen LogP contribution in [-0.2, 0) is 20.9 Å². The average Bonchev–Trinajstić information content (AvgIpc) is 3.03. The molecule has 6 nitrogen and oxygen atoms in total. The van der Waals surface area contributed by atoms with Gasteiger partial charge in [-0.05, 0) is 31.5 Å². The van der Waals surface area contributed by atoms with Crippen molar-refractivity contribution in [3.63, 3.8) is 0 Å². The largest absolute Gasteiger partial charge is 0.463 e. The molecule has 1 amide bonds. The molecule has 0 saturated heterocycles. The van der Waals surface area contributed by atoms with Crippen molar-refractivity contribution < 1.29 is 23.5 Å². The van der Waals surface area contributed by atoms with E-state index >= 15 is 0 Å². The molecule has 0 fully saturated rings. The van der Waals surface area contributed by atoms with Crippen LogP contribution in [0.3, 0.4) is 0 Å². The van der Waals surface area contributed by atoms with Crippen molar-refractivity contribution in [3.8, 4) is 0 Å². The van der Waals surface area contributed by atoms with E-state index in [1.54, 1.807) is 33.1 Å². The van der Waals surface area contributed by atoms with Gasteiger partial charge < -0.3 is 19.2 Å². The second-order valence-corrected chi connectivity index (χ2v) is 5.88. The van der Waals surface area contributed by atoms with E-state index in [0.717, 1.165) is 5.56 Å². The van der Waals surface area contributed by atoms with Gasteiger partial charge in [-0.3, -0.25) is 9.59 Å². The van der Waals surface area contributed by atoms with Crippen molar-refractivity contribution in [2.24, 2.45) is 0 Å². The summed E-state index contributed by atoms with van der Waals surface area (Å²) in [4.78, 5) is 24.5. The van der Waals surface area contributed by atoms with Gasteiger partial charge in [0.2, 0.25) is 0 Å². The molecule has 0 spiro atoms. The van der Waals surface area contributed by atoms with Gasteiger partial charge in [-0.2, -0.15) is 0 Å². The maximum absolute atomic E-state index is 12.5. The second-order valence-electron chi connectivity index (χ2n) is 5.88. The third kappa shape index (κ3) is 5.76. The Balaban J connectivity index is 2.11. The first kappa shape index (κ1) is 18.7. The summed E-state index contributed by atoms with van der Waals surface area (Å²) in [6, 6.07) is 12.0. The smallest absolute Gasteiger partial charge is 0.308 e. The molecule has 0 aliphatic heterocycles. The number of benzene rings is 1. The minimum atomic E-state index is -0.504. The molecule has 0 aliphatic rings. The van der Waals surface area contributed by atoms with Crippen LogP contribution in [0, 0.1) is 0 Å². The summed E-state index contributed by atoms with van der Waals surface area (Å²) in [6.07, 6.45) is -0.166. The SMILES string of the molecule is COCc1ccc(C(=O)NC(CC(=O)OC(C)C)c2ccccc2)o1. The molecule has 25 heavy (non-hydrogen) atoms. The summed E-state index contributed by atoms with van der Waals surface area (Å²) >= 11 is 0. The van der Waals surface area contributed by atoms with Crippen LogP contribution in [0.4, 0.5) is 0 Å². The van der Waals surface area contributed by atoms with Gasteiger partial charge in [0.25, 0.3) is 5.91 Å². The molecule has 134 valence electrons. The van der Waals surface area contributed by atoms with Crippen molar-refractivity contribution >= 4 is 11.9 Å². The Bertz CT molecular complexity index is 693. The summed E-state index contributed by atoms with van der Waals surface area (Å²) in [5.74, 6) is -0.0365. The lowest BCUT2D eigenvalue weighted by Gasteiger charge is -2.19. The number of hydrogen-bond acceptors (Lipinski definition) is 5. The zero-order valence-electron chi connectivity index (χ0n) is 14.7. The van der Waals surface area contributed by atoms with Crippen LogP contribution in [0.1, 0.15) is 48.2 Å². The van der Waals surface area contributed by atoms with E-state index in [0.29, 0.717) is 5.76 Å². The highest BCUT2D eigenvalue weighted by atomic mass is 16.5. The van der Waals surface area contributed by atoms with Gasteiger partial charge in [0.15, 0.2) is 5.76 Å². The molecule has 0 saturated carbocycles. The van der Waals surface area contributed by atoms with E-state index in [1.165, 1.54) is 0 Å². The monoisotopic (exact) mass is 345 g/mol. The van der Waals surface area contributed by atoms with Crippen LogP contribution in [0.5, 0.6) is 0 Å². The molecule has 6 heteroatoms. The number of hydrogen-bond donors (Lipinski definition) is 1. The molecule has 2 aromatic rings. The van der Waals surface area contributed by atoms with E-state index in [4.69, 9.17) is 13.9 Å². The average molecular weight is 345 g/mol. The number of ether oxygens (including phenoxy) is 2. The van der Waals surface area contributed by atoms with Gasteiger partial charge in [-0.1, -0.05) is 30.3 Å². The number of rotatable bonds is 8. The number of furan rings is 1. The summed E-state index contributed by atoms with van der Waals surface area (Å²) in [5.41, 5.74) is 0.820. The van der Waals surface area contributed by atoms with Gasteiger partial charge in [-0.15, -0.1) is 0 Å². The third-order valence-corrected chi connectivity index (χ3v) is 3.42. The van der Waals surface area contributed by atoms with Crippen LogP contribution in [0.15, 0.2) is 46.9 Å². The lowest BCUT2D eigenvalue weighted by atomic mass is 10.0. The van der Waals surface area contributed by atoms with E-state index in [-0.39, 0.29) is 30.9 Å². The van der Waals surface area contributed by atoms with Crippen LogP contribution < -0.4 is 5.32 Å². The molecule has 1 unspecified atom stereocenters. The topological polar surface area (TPSA) is 77.8 Å². The van der Waals surface area contributed by atoms with Crippen LogP contribution in [-0.4, -0.2) is 25.1 Å². The molecule has 1 N–H and O–H groups in total. The Morgan fingerprint density at radius 1 is 1.12 bits per heavy atom. The van der Waals surface area contributed by atoms with Gasteiger partial charge >= 0.3 is 5.97 Å². The van der Waals surface area contributed by atoms with E-state index in [9.17, 15) is 9.59 Å². The molecular weight excluding hydrogens is 322 g/mol. The summed E-state index contributed by atoms with van der Waals surface area (Å²) < 4.78 is 15.6. The minimum Gasteiger partial charge on any atom is -0.463 e. The van der Waals surface area contributed by atoms with Gasteiger partial charge in [-0.25, -0.2) is 0 Å². The zero-order valence-corrected chi connectivity index (χ0v) is 14.7. The molecule has 1 aromatic carbocycles. The number of methoxy groups -OCH3 is 1. The lowest BCUT2D eigenvalue weighted by Crippen LogP contribution is -2.30. The first-order valence-corrected chi connectivity index (χ1v) is 8.12. The normalized spacial score (nSPS) is 12.0. The Morgan fingerprint density at radius 3 is 2.48 bits per heavy atom. The highest BCUT2D eigenvalue weighted by Gasteiger charge is 2.22. The standard InChI is InChI=1S/C19H23NO5/c1-13(2)24-18(21)11-16(14-7-5-4-6-8-14)20-19(22)17-10-9-15(25-17)12-23-3/h4-10,13,16H,11-12H2,1-3H3,(H,20,22). The summed E-state index contributed by atoms with van der Waals surface area (Å²) in [5, 5.41) is 2.83. The number of carbonyl (C=O) groups is 2. The highest BCUT2D eigenvalue weighted by Crippen LogP contribution is 2.19. The Labute approximate surface area is 147 Å². The van der Waals surface area contributed by atoms with E-state index < -0.39 is 11.9 Å². The van der Waals surface area contributed by atoms with E-state index in [1.807, 2.05) is 30.3 Å². The van der Waals surface area contributed by atoms with Crippen molar-refractivity contribution in [2.75, 3.05) is 7.11 Å². The van der Waals surface area contributed by atoms with Crippen molar-refractivity contribution in [1.29, 1.82) is 0 Å². The maximum atomic E-state index is 12.5. The van der Waals surface area contributed by atoms with Crippen molar-refractivity contribution in [3.05, 3.63) is 59.5 Å². The molecule has 1 atom stereocenters. The fraction of sp³-hybridized carbons (Fsp3) is 0.368. The number of amides is 1. The predicted molar refractivity (Wildman–Crippen MR) is 91.9 cm³/mol. The van der Waals surface area contributed by atoms with Crippen LogP contribution >= 0.6 is 0 Å². The molecule has 0 bridgehead atoms. The van der Waals surface area contributed by atoms with Crippen molar-refractivity contribution in [1.82, 2.24) is 5.32 Å². The summed E-state index contributed by atoms with van der Waals surface area (Å²) in [6.45, 7) is 3.86. The predicted octanol–water partition coefficient (Wildman–Crippen LogP) is 3.24. The lowest BCUT2D eigenvalue weighted by molar-refractivity contribution is -0.147. The number of nitrogens with one attached hydrogen (secondary N) is 1. The molecule has 1 aromatic heterocycles. The zero-order chi connectivity index (χ0) is 18.2. The van der Waals surface area contributed by atoms with E-state index in [2.05, 4.69) is 5.32 Å². The van der Waals surface area contributed by atoms with Crippen LogP contribution in [0.2, 0.25) is 0 Å². The quantitative estimate of drug-likeness (QED) is 0.743. The second kappa shape index (κ2) is 9.03.